The van der Waals surface area contributed by atoms with Crippen LogP contribution in [0.3, 0.4) is 0 Å². The molecule has 0 aliphatic rings. The van der Waals surface area contributed by atoms with Crippen molar-refractivity contribution < 1.29 is 14.7 Å². The van der Waals surface area contributed by atoms with E-state index in [1.54, 1.807) is 0 Å². The summed E-state index contributed by atoms with van der Waals surface area (Å²) >= 11 is 2.18. The number of benzene rings is 1. The Morgan fingerprint density at radius 1 is 1.12 bits per heavy atom. The molecule has 92 valence electrons. The molecule has 0 saturated carbocycles. The molecule has 0 heterocycles. The molecule has 0 atom stereocenters. The summed E-state index contributed by atoms with van der Waals surface area (Å²) in [5.41, 5.74) is 0.745. The second kappa shape index (κ2) is 7.42. The monoisotopic (exact) mass is 346 g/mol. The lowest BCUT2D eigenvalue weighted by Gasteiger charge is -2.01. The molecule has 0 unspecified atom stereocenters. The Hall–Kier alpha value is -0.910. The number of halogens is 1. The molecule has 1 N–H and O–H groups in total. The van der Waals surface area contributed by atoms with Gasteiger partial charge < -0.3 is 5.11 Å². The van der Waals surface area contributed by atoms with Crippen molar-refractivity contribution in [3.05, 3.63) is 33.4 Å². The van der Waals surface area contributed by atoms with E-state index in [1.807, 2.05) is 24.3 Å². The van der Waals surface area contributed by atoms with Crippen molar-refractivity contribution in [2.75, 3.05) is 0 Å². The van der Waals surface area contributed by atoms with Crippen molar-refractivity contribution in [1.82, 2.24) is 0 Å². The molecule has 0 aromatic heterocycles. The van der Waals surface area contributed by atoms with E-state index in [0.717, 1.165) is 22.0 Å². The zero-order chi connectivity index (χ0) is 12.7. The molecule has 4 heteroatoms. The van der Waals surface area contributed by atoms with Gasteiger partial charge in [0.15, 0.2) is 5.78 Å². The van der Waals surface area contributed by atoms with Crippen LogP contribution in [-0.2, 0) is 4.79 Å². The van der Waals surface area contributed by atoms with Crippen LogP contribution >= 0.6 is 22.6 Å². The molecule has 1 aromatic carbocycles. The van der Waals surface area contributed by atoms with Gasteiger partial charge in [0.25, 0.3) is 0 Å². The smallest absolute Gasteiger partial charge is 0.303 e. The number of Topliss-reactive ketones (excluding diaryl/α,β-unsaturated/α-hetero) is 1. The molecule has 0 fully saturated rings. The zero-order valence-corrected chi connectivity index (χ0v) is 11.6. The standard InChI is InChI=1S/C13H15IO3/c14-11-6-4-5-10(9-11)12(15)7-2-1-3-8-13(16)17/h4-6,9H,1-3,7-8H2,(H,16,17). The topological polar surface area (TPSA) is 54.4 Å². The van der Waals surface area contributed by atoms with Gasteiger partial charge >= 0.3 is 5.97 Å². The molecule has 0 radical (unpaired) electrons. The van der Waals surface area contributed by atoms with Gasteiger partial charge in [-0.15, -0.1) is 0 Å². The van der Waals surface area contributed by atoms with Crippen LogP contribution < -0.4 is 0 Å². The second-order valence-electron chi connectivity index (χ2n) is 3.89. The zero-order valence-electron chi connectivity index (χ0n) is 9.49. The summed E-state index contributed by atoms with van der Waals surface area (Å²) in [5.74, 6) is -0.632. The van der Waals surface area contributed by atoms with Gasteiger partial charge in [-0.3, -0.25) is 9.59 Å². The Balaban J connectivity index is 2.28. The van der Waals surface area contributed by atoms with E-state index in [9.17, 15) is 9.59 Å². The normalized spacial score (nSPS) is 10.2. The highest BCUT2D eigenvalue weighted by Gasteiger charge is 2.05. The molecular weight excluding hydrogens is 331 g/mol. The summed E-state index contributed by atoms with van der Waals surface area (Å²) in [4.78, 5) is 22.1. The first-order valence-corrected chi connectivity index (χ1v) is 6.68. The number of carbonyl (C=O) groups excluding carboxylic acids is 1. The maximum Gasteiger partial charge on any atom is 0.303 e. The SMILES string of the molecule is O=C(O)CCCCCC(=O)c1cccc(I)c1. The minimum Gasteiger partial charge on any atom is -0.481 e. The first-order chi connectivity index (χ1) is 8.09. The summed E-state index contributed by atoms with van der Waals surface area (Å²) in [6.07, 6.45) is 2.89. The van der Waals surface area contributed by atoms with E-state index in [0.29, 0.717) is 12.8 Å². The van der Waals surface area contributed by atoms with E-state index in [2.05, 4.69) is 22.6 Å². The van der Waals surface area contributed by atoms with Crippen molar-refractivity contribution in [2.45, 2.75) is 32.1 Å². The predicted octanol–water partition coefficient (Wildman–Crippen LogP) is 3.51. The predicted molar refractivity (Wildman–Crippen MR) is 74.2 cm³/mol. The summed E-state index contributed by atoms with van der Waals surface area (Å²) in [6.45, 7) is 0. The lowest BCUT2D eigenvalue weighted by Crippen LogP contribution is -2.00. The first kappa shape index (κ1) is 14.2. The maximum absolute atomic E-state index is 11.8. The van der Waals surface area contributed by atoms with Gasteiger partial charge in [0.2, 0.25) is 0 Å². The van der Waals surface area contributed by atoms with Crippen LogP contribution in [0, 0.1) is 3.57 Å². The highest BCUT2D eigenvalue weighted by molar-refractivity contribution is 14.1. The molecule has 0 aliphatic heterocycles. The Kier molecular flexibility index (Phi) is 6.18. The van der Waals surface area contributed by atoms with Gasteiger partial charge in [-0.1, -0.05) is 18.6 Å². The summed E-state index contributed by atoms with van der Waals surface area (Å²) in [5, 5.41) is 8.46. The van der Waals surface area contributed by atoms with Gasteiger partial charge in [0.1, 0.15) is 0 Å². The van der Waals surface area contributed by atoms with E-state index in [1.165, 1.54) is 0 Å². The average molecular weight is 346 g/mol. The van der Waals surface area contributed by atoms with Crippen molar-refractivity contribution >= 4 is 34.3 Å². The number of carboxylic acid groups (broad SMARTS) is 1. The van der Waals surface area contributed by atoms with E-state index in [4.69, 9.17) is 5.11 Å². The fourth-order valence-electron chi connectivity index (χ4n) is 1.54. The Morgan fingerprint density at radius 2 is 1.82 bits per heavy atom. The quantitative estimate of drug-likeness (QED) is 0.467. The highest BCUT2D eigenvalue weighted by Crippen LogP contribution is 2.12. The lowest BCUT2D eigenvalue weighted by atomic mass is 10.0. The fourth-order valence-corrected chi connectivity index (χ4v) is 2.09. The molecule has 0 bridgehead atoms. The van der Waals surface area contributed by atoms with Crippen molar-refractivity contribution in [3.8, 4) is 0 Å². The largest absolute Gasteiger partial charge is 0.481 e. The average Bonchev–Trinajstić information content (AvgIpc) is 2.28. The number of hydrogen-bond acceptors (Lipinski definition) is 2. The molecule has 0 amide bonds. The molecule has 0 spiro atoms. The number of carboxylic acids is 1. The summed E-state index contributed by atoms with van der Waals surface area (Å²) < 4.78 is 1.05. The van der Waals surface area contributed by atoms with Crippen LogP contribution in [0.4, 0.5) is 0 Å². The van der Waals surface area contributed by atoms with Crippen molar-refractivity contribution in [3.63, 3.8) is 0 Å². The third-order valence-corrected chi connectivity index (χ3v) is 3.11. The summed E-state index contributed by atoms with van der Waals surface area (Å²) in [7, 11) is 0. The fraction of sp³-hybridized carbons (Fsp3) is 0.385. The molecular formula is C13H15IO3. The Morgan fingerprint density at radius 3 is 2.47 bits per heavy atom. The third-order valence-electron chi connectivity index (χ3n) is 2.44. The number of aliphatic carboxylic acids is 1. The first-order valence-electron chi connectivity index (χ1n) is 5.60. The number of hydrogen-bond donors (Lipinski definition) is 1. The Bertz CT molecular complexity index is 401. The van der Waals surface area contributed by atoms with Crippen LogP contribution in [0.1, 0.15) is 42.5 Å². The second-order valence-corrected chi connectivity index (χ2v) is 5.13. The van der Waals surface area contributed by atoms with Crippen molar-refractivity contribution in [2.24, 2.45) is 0 Å². The minimum absolute atomic E-state index is 0.138. The third kappa shape index (κ3) is 5.81. The molecule has 17 heavy (non-hydrogen) atoms. The van der Waals surface area contributed by atoms with Crippen LogP contribution in [-0.4, -0.2) is 16.9 Å². The minimum atomic E-state index is -0.770. The highest BCUT2D eigenvalue weighted by atomic mass is 127. The van der Waals surface area contributed by atoms with Crippen LogP contribution in [0.15, 0.2) is 24.3 Å². The number of carbonyl (C=O) groups is 2. The molecule has 1 rings (SSSR count). The Labute approximate surface area is 114 Å². The molecule has 3 nitrogen and oxygen atoms in total. The number of unbranched alkanes of at least 4 members (excludes halogenated alkanes) is 2. The van der Waals surface area contributed by atoms with Gasteiger partial charge in [0, 0.05) is 22.0 Å². The van der Waals surface area contributed by atoms with Crippen LogP contribution in [0.2, 0.25) is 0 Å². The van der Waals surface area contributed by atoms with E-state index < -0.39 is 5.97 Å². The van der Waals surface area contributed by atoms with Crippen LogP contribution in [0.25, 0.3) is 0 Å². The van der Waals surface area contributed by atoms with E-state index in [-0.39, 0.29) is 12.2 Å². The van der Waals surface area contributed by atoms with Gasteiger partial charge in [-0.05, 0) is 47.6 Å². The van der Waals surface area contributed by atoms with Gasteiger partial charge in [-0.2, -0.15) is 0 Å². The number of rotatable bonds is 7. The molecule has 1 aromatic rings. The number of ketones is 1. The van der Waals surface area contributed by atoms with Crippen LogP contribution in [0.5, 0.6) is 0 Å². The summed E-state index contributed by atoms with van der Waals surface area (Å²) in [6, 6.07) is 7.52. The molecule has 0 saturated heterocycles. The maximum atomic E-state index is 11.8. The molecule has 0 aliphatic carbocycles. The lowest BCUT2D eigenvalue weighted by molar-refractivity contribution is -0.137. The van der Waals surface area contributed by atoms with E-state index >= 15 is 0 Å². The van der Waals surface area contributed by atoms with Gasteiger partial charge in [-0.25, -0.2) is 0 Å². The van der Waals surface area contributed by atoms with Gasteiger partial charge in [0.05, 0.1) is 0 Å². The van der Waals surface area contributed by atoms with Crippen molar-refractivity contribution in [1.29, 1.82) is 0 Å².